The Bertz CT molecular complexity index is 1220. The first-order valence-corrected chi connectivity index (χ1v) is 11.2. The summed E-state index contributed by atoms with van der Waals surface area (Å²) in [6.45, 7) is 2.52. The lowest BCUT2D eigenvalue weighted by Gasteiger charge is -2.22. The highest BCUT2D eigenvalue weighted by Gasteiger charge is 2.23. The van der Waals surface area contributed by atoms with Gasteiger partial charge in [0.2, 0.25) is 0 Å². The molecule has 0 unspecified atom stereocenters. The highest BCUT2D eigenvalue weighted by atomic mass is 32.1. The first kappa shape index (κ1) is 18.9. The van der Waals surface area contributed by atoms with Crippen LogP contribution in [0.25, 0.3) is 10.2 Å². The summed E-state index contributed by atoms with van der Waals surface area (Å²) < 4.78 is 1.10. The first-order valence-electron chi connectivity index (χ1n) is 10.4. The molecule has 30 heavy (non-hydrogen) atoms. The monoisotopic (exact) mass is 413 g/mol. The van der Waals surface area contributed by atoms with Crippen LogP contribution in [0.3, 0.4) is 0 Å². The minimum atomic E-state index is -0.0111. The van der Waals surface area contributed by atoms with Crippen molar-refractivity contribution >= 4 is 32.6 Å². The molecule has 0 saturated carbocycles. The zero-order valence-corrected chi connectivity index (χ0v) is 17.8. The molecule has 5 rings (SSSR count). The molecule has 2 aromatic carbocycles. The molecule has 0 saturated heterocycles. The summed E-state index contributed by atoms with van der Waals surface area (Å²) >= 11 is 1.56. The van der Waals surface area contributed by atoms with Crippen molar-refractivity contribution in [3.05, 3.63) is 88.7 Å². The van der Waals surface area contributed by atoms with Crippen molar-refractivity contribution < 1.29 is 4.79 Å². The number of thiazole rings is 1. The smallest absolute Gasteiger partial charge is 0.260 e. The zero-order valence-electron chi connectivity index (χ0n) is 17.0. The van der Waals surface area contributed by atoms with Gasteiger partial charge in [0.15, 0.2) is 5.13 Å². The Balaban J connectivity index is 1.55. The van der Waals surface area contributed by atoms with Crippen LogP contribution >= 0.6 is 11.3 Å². The van der Waals surface area contributed by atoms with E-state index in [0.717, 1.165) is 39.3 Å². The maximum atomic E-state index is 13.7. The van der Waals surface area contributed by atoms with E-state index in [0.29, 0.717) is 6.54 Å². The largest absolute Gasteiger partial charge is 0.279 e. The molecular formula is C25H23N3OS. The fourth-order valence-corrected chi connectivity index (χ4v) is 5.12. The molecule has 0 bridgehead atoms. The van der Waals surface area contributed by atoms with Gasteiger partial charge in [-0.25, -0.2) is 4.98 Å². The number of rotatable bonds is 4. The SMILES string of the molecule is Cc1ccc2nc(N(Cc3cccnc3)C(=O)c3ccc4c(c3)CCCC4)sc2c1. The third kappa shape index (κ3) is 3.73. The molecule has 1 amide bonds. The number of amides is 1. The van der Waals surface area contributed by atoms with Crippen LogP contribution in [0.15, 0.2) is 60.9 Å². The van der Waals surface area contributed by atoms with Gasteiger partial charge in [0, 0.05) is 18.0 Å². The van der Waals surface area contributed by atoms with Crippen LogP contribution in [0.4, 0.5) is 5.13 Å². The number of benzene rings is 2. The third-order valence-electron chi connectivity index (χ3n) is 5.67. The van der Waals surface area contributed by atoms with E-state index in [2.05, 4.69) is 36.2 Å². The van der Waals surface area contributed by atoms with Crippen LogP contribution in [-0.2, 0) is 19.4 Å². The Morgan fingerprint density at radius 3 is 2.77 bits per heavy atom. The van der Waals surface area contributed by atoms with E-state index in [-0.39, 0.29) is 5.91 Å². The van der Waals surface area contributed by atoms with Crippen LogP contribution in [0.5, 0.6) is 0 Å². The molecule has 4 aromatic rings. The summed E-state index contributed by atoms with van der Waals surface area (Å²) in [5.41, 5.74) is 6.53. The second kappa shape index (κ2) is 8.00. The number of aryl methyl sites for hydroxylation is 3. The topological polar surface area (TPSA) is 46.1 Å². The lowest BCUT2D eigenvalue weighted by atomic mass is 9.90. The lowest BCUT2D eigenvalue weighted by Crippen LogP contribution is -2.30. The maximum absolute atomic E-state index is 13.7. The van der Waals surface area contributed by atoms with Crippen molar-refractivity contribution in [2.75, 3.05) is 4.90 Å². The van der Waals surface area contributed by atoms with Gasteiger partial charge in [-0.3, -0.25) is 14.7 Å². The number of anilines is 1. The summed E-state index contributed by atoms with van der Waals surface area (Å²) in [5, 5.41) is 0.724. The van der Waals surface area contributed by atoms with Gasteiger partial charge in [-0.05, 0) is 85.2 Å². The quantitative estimate of drug-likeness (QED) is 0.429. The van der Waals surface area contributed by atoms with E-state index in [1.165, 1.54) is 29.5 Å². The van der Waals surface area contributed by atoms with Crippen LogP contribution in [-0.4, -0.2) is 15.9 Å². The van der Waals surface area contributed by atoms with Crippen LogP contribution in [0, 0.1) is 6.92 Å². The van der Waals surface area contributed by atoms with Crippen molar-refractivity contribution in [2.24, 2.45) is 0 Å². The summed E-state index contributed by atoms with van der Waals surface area (Å²) in [6.07, 6.45) is 8.16. The van der Waals surface area contributed by atoms with Gasteiger partial charge in [0.05, 0.1) is 16.8 Å². The number of aromatic nitrogens is 2. The van der Waals surface area contributed by atoms with Gasteiger partial charge < -0.3 is 0 Å². The fraction of sp³-hybridized carbons (Fsp3) is 0.240. The summed E-state index contributed by atoms with van der Waals surface area (Å²) in [6, 6.07) is 16.3. The Morgan fingerprint density at radius 1 is 1.07 bits per heavy atom. The van der Waals surface area contributed by atoms with Crippen molar-refractivity contribution in [3.63, 3.8) is 0 Å². The van der Waals surface area contributed by atoms with Gasteiger partial charge in [-0.15, -0.1) is 0 Å². The second-order valence-corrected chi connectivity index (χ2v) is 8.92. The molecule has 0 fully saturated rings. The fourth-order valence-electron chi connectivity index (χ4n) is 4.06. The molecule has 0 spiro atoms. The minimum Gasteiger partial charge on any atom is -0.279 e. The summed E-state index contributed by atoms with van der Waals surface area (Å²) in [5.74, 6) is -0.0111. The van der Waals surface area contributed by atoms with Crippen molar-refractivity contribution in [2.45, 2.75) is 39.2 Å². The van der Waals surface area contributed by atoms with Gasteiger partial charge in [0.1, 0.15) is 0 Å². The number of carbonyl (C=O) groups is 1. The van der Waals surface area contributed by atoms with Crippen molar-refractivity contribution in [1.29, 1.82) is 0 Å². The van der Waals surface area contributed by atoms with E-state index < -0.39 is 0 Å². The van der Waals surface area contributed by atoms with E-state index in [4.69, 9.17) is 4.98 Å². The highest BCUT2D eigenvalue weighted by molar-refractivity contribution is 7.22. The van der Waals surface area contributed by atoms with Gasteiger partial charge in [-0.2, -0.15) is 0 Å². The van der Waals surface area contributed by atoms with Gasteiger partial charge in [-0.1, -0.05) is 29.5 Å². The highest BCUT2D eigenvalue weighted by Crippen LogP contribution is 2.32. The lowest BCUT2D eigenvalue weighted by molar-refractivity contribution is 0.0985. The molecule has 0 atom stereocenters. The Morgan fingerprint density at radius 2 is 1.93 bits per heavy atom. The maximum Gasteiger partial charge on any atom is 0.260 e. The molecule has 2 aromatic heterocycles. The number of fused-ring (bicyclic) bond motifs is 2. The number of pyridine rings is 1. The van der Waals surface area contributed by atoms with Crippen molar-refractivity contribution in [1.82, 2.24) is 9.97 Å². The summed E-state index contributed by atoms with van der Waals surface area (Å²) in [7, 11) is 0. The van der Waals surface area contributed by atoms with Crippen LogP contribution in [0.1, 0.15) is 45.5 Å². The predicted molar refractivity (Wildman–Crippen MR) is 122 cm³/mol. The average Bonchev–Trinajstić information content (AvgIpc) is 3.20. The average molecular weight is 414 g/mol. The number of hydrogen-bond donors (Lipinski definition) is 0. The first-order chi connectivity index (χ1) is 14.7. The molecule has 4 nitrogen and oxygen atoms in total. The molecule has 0 radical (unpaired) electrons. The predicted octanol–water partition coefficient (Wildman–Crippen LogP) is 5.73. The molecule has 0 N–H and O–H groups in total. The molecule has 5 heteroatoms. The number of hydrogen-bond acceptors (Lipinski definition) is 4. The van der Waals surface area contributed by atoms with Crippen LogP contribution < -0.4 is 4.90 Å². The molecule has 0 aliphatic heterocycles. The van der Waals surface area contributed by atoms with E-state index in [9.17, 15) is 4.79 Å². The zero-order chi connectivity index (χ0) is 20.5. The molecule has 1 aliphatic rings. The Hall–Kier alpha value is -3.05. The molecule has 2 heterocycles. The number of carbonyl (C=O) groups excluding carboxylic acids is 1. The molecule has 150 valence electrons. The molecular weight excluding hydrogens is 390 g/mol. The van der Waals surface area contributed by atoms with E-state index >= 15 is 0 Å². The van der Waals surface area contributed by atoms with Gasteiger partial charge >= 0.3 is 0 Å². The van der Waals surface area contributed by atoms with E-state index in [1.54, 1.807) is 22.4 Å². The third-order valence-corrected chi connectivity index (χ3v) is 6.71. The second-order valence-electron chi connectivity index (χ2n) is 7.91. The Labute approximate surface area is 180 Å². The van der Waals surface area contributed by atoms with Gasteiger partial charge in [0.25, 0.3) is 5.91 Å². The normalized spacial score (nSPS) is 13.2. The van der Waals surface area contributed by atoms with Crippen LogP contribution in [0.2, 0.25) is 0 Å². The molecule has 1 aliphatic carbocycles. The standard InChI is InChI=1S/C25H23N3OS/c1-17-8-11-22-23(13-17)30-25(27-22)28(16-18-5-4-12-26-15-18)24(29)21-10-9-19-6-2-3-7-20(19)14-21/h4-5,8-15H,2-3,6-7,16H2,1H3. The number of nitrogens with zero attached hydrogens (tertiary/aromatic N) is 3. The Kier molecular flexibility index (Phi) is 5.05. The van der Waals surface area contributed by atoms with E-state index in [1.807, 2.05) is 30.5 Å². The van der Waals surface area contributed by atoms with Crippen molar-refractivity contribution in [3.8, 4) is 0 Å². The minimum absolute atomic E-state index is 0.0111. The summed E-state index contributed by atoms with van der Waals surface area (Å²) in [4.78, 5) is 24.5.